The van der Waals surface area contributed by atoms with Crippen LogP contribution in [0.4, 0.5) is 4.39 Å². The fraction of sp³-hybridized carbons (Fsp3) is 0.188. The van der Waals surface area contributed by atoms with Gasteiger partial charge in [-0.2, -0.15) is 0 Å². The number of aliphatic imine (C=N–C) groups is 1. The van der Waals surface area contributed by atoms with Crippen molar-refractivity contribution in [3.8, 4) is 0 Å². The molecule has 0 saturated heterocycles. The molecule has 0 radical (unpaired) electrons. The van der Waals surface area contributed by atoms with Gasteiger partial charge in [-0.05, 0) is 29.8 Å². The summed E-state index contributed by atoms with van der Waals surface area (Å²) in [5.74, 6) is 0.133. The molecule has 4 heteroatoms. The van der Waals surface area contributed by atoms with E-state index in [0.717, 1.165) is 5.56 Å². The summed E-state index contributed by atoms with van der Waals surface area (Å²) in [6.07, 6.45) is -1.13. The summed E-state index contributed by atoms with van der Waals surface area (Å²) in [6.45, 7) is 0.270. The SMILES string of the molecule is OC1CN=C(c2ccc(F)cc2)OC1c1ccccc1. The predicted molar refractivity (Wildman–Crippen MR) is 74.1 cm³/mol. The van der Waals surface area contributed by atoms with Gasteiger partial charge in [0, 0.05) is 5.56 Å². The molecule has 2 atom stereocenters. The highest BCUT2D eigenvalue weighted by Gasteiger charge is 2.28. The lowest BCUT2D eigenvalue weighted by molar-refractivity contribution is 0.0217. The van der Waals surface area contributed by atoms with Gasteiger partial charge in [-0.1, -0.05) is 30.3 Å². The second-order valence-electron chi connectivity index (χ2n) is 4.67. The Bertz CT molecular complexity index is 610. The maximum absolute atomic E-state index is 12.9. The van der Waals surface area contributed by atoms with Crippen LogP contribution in [0.3, 0.4) is 0 Å². The molecule has 0 saturated carbocycles. The molecule has 2 aromatic rings. The number of hydrogen-bond acceptors (Lipinski definition) is 3. The van der Waals surface area contributed by atoms with Crippen LogP contribution in [0, 0.1) is 5.82 Å². The minimum Gasteiger partial charge on any atom is -0.466 e. The average Bonchev–Trinajstić information content (AvgIpc) is 2.50. The maximum atomic E-state index is 12.9. The lowest BCUT2D eigenvalue weighted by Gasteiger charge is -2.28. The van der Waals surface area contributed by atoms with Crippen LogP contribution in [-0.2, 0) is 4.74 Å². The number of halogens is 1. The van der Waals surface area contributed by atoms with Crippen molar-refractivity contribution >= 4 is 5.90 Å². The van der Waals surface area contributed by atoms with Crippen molar-refractivity contribution in [1.29, 1.82) is 0 Å². The largest absolute Gasteiger partial charge is 0.466 e. The van der Waals surface area contributed by atoms with E-state index >= 15 is 0 Å². The number of rotatable bonds is 2. The summed E-state index contributed by atoms with van der Waals surface area (Å²) in [4.78, 5) is 4.21. The number of aliphatic hydroxyl groups is 1. The number of benzene rings is 2. The van der Waals surface area contributed by atoms with Gasteiger partial charge in [-0.25, -0.2) is 9.38 Å². The second-order valence-corrected chi connectivity index (χ2v) is 4.67. The third-order valence-corrected chi connectivity index (χ3v) is 3.23. The molecule has 0 bridgehead atoms. The molecule has 1 heterocycles. The van der Waals surface area contributed by atoms with Crippen LogP contribution in [-0.4, -0.2) is 23.7 Å². The van der Waals surface area contributed by atoms with Gasteiger partial charge in [-0.15, -0.1) is 0 Å². The van der Waals surface area contributed by atoms with Gasteiger partial charge >= 0.3 is 0 Å². The van der Waals surface area contributed by atoms with Gasteiger partial charge in [-0.3, -0.25) is 0 Å². The number of ether oxygens (including phenoxy) is 1. The molecule has 0 spiro atoms. The van der Waals surface area contributed by atoms with Crippen molar-refractivity contribution in [2.75, 3.05) is 6.54 Å². The minimum atomic E-state index is -0.679. The highest BCUT2D eigenvalue weighted by molar-refractivity contribution is 5.94. The fourth-order valence-electron chi connectivity index (χ4n) is 2.19. The maximum Gasteiger partial charge on any atom is 0.216 e. The molecule has 1 aliphatic heterocycles. The summed E-state index contributed by atoms with van der Waals surface area (Å²) in [5, 5.41) is 10.0. The third-order valence-electron chi connectivity index (χ3n) is 3.23. The van der Waals surface area contributed by atoms with E-state index in [2.05, 4.69) is 4.99 Å². The van der Waals surface area contributed by atoms with Crippen LogP contribution < -0.4 is 0 Å². The molecule has 1 N–H and O–H groups in total. The van der Waals surface area contributed by atoms with E-state index in [9.17, 15) is 9.50 Å². The topological polar surface area (TPSA) is 41.8 Å². The number of hydrogen-bond donors (Lipinski definition) is 1. The highest BCUT2D eigenvalue weighted by atomic mass is 19.1. The van der Waals surface area contributed by atoms with E-state index in [1.165, 1.54) is 12.1 Å². The molecule has 102 valence electrons. The summed E-state index contributed by atoms with van der Waals surface area (Å²) >= 11 is 0. The molecular weight excluding hydrogens is 257 g/mol. The lowest BCUT2D eigenvalue weighted by atomic mass is 10.0. The zero-order valence-corrected chi connectivity index (χ0v) is 10.7. The van der Waals surface area contributed by atoms with Crippen molar-refractivity contribution in [2.24, 2.45) is 4.99 Å². The Hall–Kier alpha value is -2.20. The number of aliphatic hydroxyl groups excluding tert-OH is 1. The van der Waals surface area contributed by atoms with Gasteiger partial charge in [0.1, 0.15) is 11.9 Å². The molecule has 0 aliphatic carbocycles. The standard InChI is InChI=1S/C16H14FNO2/c17-13-8-6-12(7-9-13)16-18-10-14(19)15(20-16)11-4-2-1-3-5-11/h1-9,14-15,19H,10H2. The lowest BCUT2D eigenvalue weighted by Crippen LogP contribution is -2.31. The Kier molecular flexibility index (Phi) is 3.48. The van der Waals surface area contributed by atoms with E-state index in [-0.39, 0.29) is 12.4 Å². The quantitative estimate of drug-likeness (QED) is 0.912. The molecule has 2 aromatic carbocycles. The van der Waals surface area contributed by atoms with Crippen LogP contribution in [0.15, 0.2) is 59.6 Å². The highest BCUT2D eigenvalue weighted by Crippen LogP contribution is 2.26. The first-order valence-corrected chi connectivity index (χ1v) is 6.44. The zero-order valence-electron chi connectivity index (χ0n) is 10.7. The van der Waals surface area contributed by atoms with Gasteiger partial charge < -0.3 is 9.84 Å². The Labute approximate surface area is 116 Å². The van der Waals surface area contributed by atoms with Crippen molar-refractivity contribution in [3.05, 3.63) is 71.5 Å². The first kappa shape index (κ1) is 12.8. The summed E-state index contributed by atoms with van der Waals surface area (Å²) in [6, 6.07) is 15.5. The monoisotopic (exact) mass is 271 g/mol. The van der Waals surface area contributed by atoms with Crippen LogP contribution in [0.2, 0.25) is 0 Å². The van der Waals surface area contributed by atoms with Crippen molar-refractivity contribution in [1.82, 2.24) is 0 Å². The van der Waals surface area contributed by atoms with Gasteiger partial charge in [0.25, 0.3) is 0 Å². The molecular formula is C16H14FNO2. The molecule has 0 aromatic heterocycles. The third kappa shape index (κ3) is 2.56. The Balaban J connectivity index is 1.87. The van der Waals surface area contributed by atoms with Crippen molar-refractivity contribution < 1.29 is 14.2 Å². The van der Waals surface area contributed by atoms with Gasteiger partial charge in [0.2, 0.25) is 5.90 Å². The van der Waals surface area contributed by atoms with E-state index in [0.29, 0.717) is 11.5 Å². The first-order chi connectivity index (χ1) is 9.74. The molecule has 2 unspecified atom stereocenters. The van der Waals surface area contributed by atoms with Crippen molar-refractivity contribution in [2.45, 2.75) is 12.2 Å². The van der Waals surface area contributed by atoms with E-state index in [4.69, 9.17) is 4.74 Å². The summed E-state index contributed by atoms with van der Waals surface area (Å²) in [7, 11) is 0. The van der Waals surface area contributed by atoms with Crippen LogP contribution in [0.5, 0.6) is 0 Å². The summed E-state index contributed by atoms with van der Waals surface area (Å²) in [5.41, 5.74) is 1.61. The first-order valence-electron chi connectivity index (χ1n) is 6.44. The Morgan fingerprint density at radius 1 is 1.05 bits per heavy atom. The fourth-order valence-corrected chi connectivity index (χ4v) is 2.19. The molecule has 0 amide bonds. The second kappa shape index (κ2) is 5.43. The minimum absolute atomic E-state index is 0.270. The molecule has 3 rings (SSSR count). The zero-order chi connectivity index (χ0) is 13.9. The average molecular weight is 271 g/mol. The number of nitrogens with zero attached hydrogens (tertiary/aromatic N) is 1. The molecule has 1 aliphatic rings. The van der Waals surface area contributed by atoms with E-state index in [1.807, 2.05) is 30.3 Å². The smallest absolute Gasteiger partial charge is 0.216 e. The van der Waals surface area contributed by atoms with E-state index < -0.39 is 12.2 Å². The molecule has 20 heavy (non-hydrogen) atoms. The Morgan fingerprint density at radius 2 is 1.75 bits per heavy atom. The Morgan fingerprint density at radius 3 is 2.45 bits per heavy atom. The predicted octanol–water partition coefficient (Wildman–Crippen LogP) is 2.70. The van der Waals surface area contributed by atoms with Gasteiger partial charge in [0.15, 0.2) is 6.10 Å². The van der Waals surface area contributed by atoms with Crippen LogP contribution in [0.25, 0.3) is 0 Å². The van der Waals surface area contributed by atoms with Crippen LogP contribution >= 0.6 is 0 Å². The van der Waals surface area contributed by atoms with E-state index in [1.54, 1.807) is 12.1 Å². The summed E-state index contributed by atoms with van der Waals surface area (Å²) < 4.78 is 18.7. The van der Waals surface area contributed by atoms with Gasteiger partial charge in [0.05, 0.1) is 6.54 Å². The van der Waals surface area contributed by atoms with Crippen LogP contribution in [0.1, 0.15) is 17.2 Å². The van der Waals surface area contributed by atoms with Crippen molar-refractivity contribution in [3.63, 3.8) is 0 Å². The molecule has 3 nitrogen and oxygen atoms in total. The molecule has 0 fully saturated rings. The normalized spacial score (nSPS) is 22.0.